The Labute approximate surface area is 220 Å². The molecule has 180 valence electrons. The van der Waals surface area contributed by atoms with Gasteiger partial charge in [0.05, 0.1) is 35.6 Å². The van der Waals surface area contributed by atoms with Crippen LogP contribution in [0.2, 0.25) is 0 Å². The number of hydrogen-bond donors (Lipinski definition) is 1. The lowest BCUT2D eigenvalue weighted by Crippen LogP contribution is -3.00. The summed E-state index contributed by atoms with van der Waals surface area (Å²) in [6.45, 7) is 0. The lowest BCUT2D eigenvalue weighted by molar-refractivity contribution is -0.417. The normalized spacial score (nSPS) is 11.9. The highest BCUT2D eigenvalue weighted by molar-refractivity contribution is 6.24. The first-order chi connectivity index (χ1) is 16.5. The van der Waals surface area contributed by atoms with Gasteiger partial charge in [0.25, 0.3) is 0 Å². The van der Waals surface area contributed by atoms with Crippen LogP contribution in [0, 0.1) is 0 Å². The number of esters is 1. The van der Waals surface area contributed by atoms with E-state index in [1.807, 2.05) is 12.1 Å². The summed E-state index contributed by atoms with van der Waals surface area (Å²) in [7, 11) is 5.59. The third kappa shape index (κ3) is 4.45. The first kappa shape index (κ1) is 24.9. The number of benzene rings is 3. The highest BCUT2D eigenvalue weighted by Gasteiger charge is 2.16. The second-order valence-corrected chi connectivity index (χ2v) is 8.75. The standard InChI is InChI=1S/C28H27N3O3.HI/c1-30-22-11-5-4-9-21(22)28-27-20(10-8-12-23(27)30)19-16-15-18(17-24(19)31(28)2)29-25(32)13-6-7-14-26(33)34-3;/h4-5,8-12,15-17H,6-7,13-14H2,1-3H3;1H. The lowest BCUT2D eigenvalue weighted by Gasteiger charge is -2.20. The van der Waals surface area contributed by atoms with Crippen LogP contribution < -0.4 is 34.3 Å². The predicted molar refractivity (Wildman–Crippen MR) is 134 cm³/mol. The summed E-state index contributed by atoms with van der Waals surface area (Å²) in [5.74, 6) is -0.294. The van der Waals surface area contributed by atoms with Gasteiger partial charge in [-0.2, -0.15) is 4.99 Å². The Morgan fingerprint density at radius 3 is 2.31 bits per heavy atom. The van der Waals surface area contributed by atoms with Gasteiger partial charge in [0.15, 0.2) is 0 Å². The summed E-state index contributed by atoms with van der Waals surface area (Å²) in [5.41, 5.74) is 4.60. The molecule has 0 saturated carbocycles. The number of pyridine rings is 2. The van der Waals surface area contributed by atoms with Gasteiger partial charge in [-0.3, -0.25) is 4.79 Å². The number of para-hydroxylation sites is 1. The summed E-state index contributed by atoms with van der Waals surface area (Å²) >= 11 is 0. The highest BCUT2D eigenvalue weighted by atomic mass is 127. The number of unbranched alkanes of at least 4 members (excludes halogenated alkanes) is 1. The Bertz CT molecular complexity index is 1660. The Balaban J connectivity index is 0.00000289. The van der Waals surface area contributed by atoms with E-state index in [4.69, 9.17) is 0 Å². The number of rotatable bonds is 5. The Morgan fingerprint density at radius 1 is 0.800 bits per heavy atom. The quantitative estimate of drug-likeness (QED) is 0.106. The van der Waals surface area contributed by atoms with Crippen molar-refractivity contribution in [3.63, 3.8) is 0 Å². The third-order valence-electron chi connectivity index (χ3n) is 6.69. The maximum absolute atomic E-state index is 12.5. The minimum atomic E-state index is -0.241. The third-order valence-corrected chi connectivity index (χ3v) is 6.69. The molecule has 2 heterocycles. The maximum Gasteiger partial charge on any atom is 0.385 e. The zero-order chi connectivity index (χ0) is 23.8. The highest BCUT2D eigenvalue weighted by Crippen LogP contribution is 2.36. The molecule has 0 spiro atoms. The van der Waals surface area contributed by atoms with E-state index < -0.39 is 0 Å². The fraction of sp³-hybridized carbons (Fsp3) is 0.250. The van der Waals surface area contributed by atoms with E-state index in [-0.39, 0.29) is 35.9 Å². The Morgan fingerprint density at radius 2 is 1.51 bits per heavy atom. The lowest BCUT2D eigenvalue weighted by atomic mass is 9.99. The molecule has 0 aliphatic rings. The molecule has 5 aromatic rings. The molecule has 3 aromatic carbocycles. The van der Waals surface area contributed by atoms with Gasteiger partial charge in [0.2, 0.25) is 5.36 Å². The van der Waals surface area contributed by atoms with Crippen LogP contribution in [0.25, 0.3) is 43.6 Å². The number of nitrogens with zero attached hydrogens (tertiary/aromatic N) is 2. The molecule has 1 N–H and O–H groups in total. The van der Waals surface area contributed by atoms with Crippen molar-refractivity contribution in [2.75, 3.05) is 7.11 Å². The van der Waals surface area contributed by atoms with Gasteiger partial charge < -0.3 is 37.8 Å². The number of fused-ring (bicyclic) bond motifs is 4. The van der Waals surface area contributed by atoms with Crippen LogP contribution in [0.5, 0.6) is 0 Å². The van der Waals surface area contributed by atoms with E-state index in [2.05, 4.69) is 81.5 Å². The van der Waals surface area contributed by atoms with Crippen LogP contribution in [0.4, 0.5) is 0 Å². The van der Waals surface area contributed by atoms with E-state index in [1.54, 1.807) is 0 Å². The van der Waals surface area contributed by atoms with Crippen LogP contribution in [-0.4, -0.2) is 28.1 Å². The fourth-order valence-electron chi connectivity index (χ4n) is 4.99. The van der Waals surface area contributed by atoms with E-state index >= 15 is 0 Å². The number of halogens is 1. The van der Waals surface area contributed by atoms with Gasteiger partial charge in [-0.25, -0.2) is 4.79 Å². The predicted octanol–water partition coefficient (Wildman–Crippen LogP) is 0.222. The van der Waals surface area contributed by atoms with Crippen molar-refractivity contribution >= 4 is 55.5 Å². The number of aryl methyl sites for hydroxylation is 2. The Kier molecular flexibility index (Phi) is 7.25. The second kappa shape index (κ2) is 10.2. The molecule has 0 aliphatic carbocycles. The summed E-state index contributed by atoms with van der Waals surface area (Å²) in [6.07, 6.45) is 1.99. The van der Waals surface area contributed by atoms with Gasteiger partial charge >= 0.3 is 11.9 Å². The number of carbonyl (C=O) groups excluding carboxylic acids is 2. The summed E-state index contributed by atoms with van der Waals surface area (Å²) in [6, 6.07) is 21.0. The minimum absolute atomic E-state index is 0. The number of ether oxygens (including phenoxy) is 1. The molecule has 0 radical (unpaired) electrons. The van der Waals surface area contributed by atoms with Crippen molar-refractivity contribution in [3.8, 4) is 0 Å². The first-order valence-electron chi connectivity index (χ1n) is 11.6. The van der Waals surface area contributed by atoms with E-state index in [0.29, 0.717) is 25.7 Å². The van der Waals surface area contributed by atoms with Gasteiger partial charge in [-0.05, 0) is 36.4 Å². The van der Waals surface area contributed by atoms with Gasteiger partial charge in [-0.15, -0.1) is 0 Å². The Hall–Kier alpha value is -3.20. The SMILES string of the molecule is COC(=O)CCCCC(=O)[NH+]=c1ccc2c3cccc4c3c(c3ccccc3n4C)n(C)c2c1.[I-]. The van der Waals surface area contributed by atoms with Gasteiger partial charge in [-0.1, -0.05) is 30.3 Å². The van der Waals surface area contributed by atoms with Crippen LogP contribution in [-0.2, 0) is 28.4 Å². The molecular formula is C28H28IN3O3. The molecule has 7 heteroatoms. The smallest absolute Gasteiger partial charge is 0.385 e. The van der Waals surface area contributed by atoms with Crippen molar-refractivity contribution in [3.05, 3.63) is 66.0 Å². The molecule has 0 saturated heterocycles. The molecule has 0 atom stereocenters. The molecule has 6 nitrogen and oxygen atoms in total. The molecule has 0 unspecified atom stereocenters. The van der Waals surface area contributed by atoms with Crippen LogP contribution >= 0.6 is 0 Å². The fourth-order valence-corrected chi connectivity index (χ4v) is 4.99. The van der Waals surface area contributed by atoms with Gasteiger partial charge in [0.1, 0.15) is 0 Å². The second-order valence-electron chi connectivity index (χ2n) is 8.75. The zero-order valence-electron chi connectivity index (χ0n) is 20.1. The summed E-state index contributed by atoms with van der Waals surface area (Å²) in [4.78, 5) is 26.8. The van der Waals surface area contributed by atoms with Crippen molar-refractivity contribution in [1.82, 2.24) is 9.13 Å². The van der Waals surface area contributed by atoms with Crippen molar-refractivity contribution in [2.45, 2.75) is 25.7 Å². The van der Waals surface area contributed by atoms with Gasteiger partial charge in [0, 0.05) is 48.8 Å². The largest absolute Gasteiger partial charge is 1.00 e. The number of nitrogens with one attached hydrogen (secondary N) is 1. The van der Waals surface area contributed by atoms with Crippen molar-refractivity contribution in [1.29, 1.82) is 0 Å². The first-order valence-corrected chi connectivity index (χ1v) is 11.6. The number of amides is 1. The maximum atomic E-state index is 12.5. The van der Waals surface area contributed by atoms with Crippen LogP contribution in [0.3, 0.4) is 0 Å². The molecular weight excluding hydrogens is 553 g/mol. The molecule has 5 rings (SSSR count). The topological polar surface area (TPSA) is 67.2 Å². The average molecular weight is 581 g/mol. The van der Waals surface area contributed by atoms with E-state index in [0.717, 1.165) is 16.3 Å². The number of carbonyl (C=O) groups is 2. The van der Waals surface area contributed by atoms with E-state index in [1.165, 1.54) is 39.8 Å². The van der Waals surface area contributed by atoms with Crippen molar-refractivity contribution < 1.29 is 43.3 Å². The molecule has 0 bridgehead atoms. The number of aromatic nitrogens is 2. The molecule has 0 fully saturated rings. The minimum Gasteiger partial charge on any atom is -1.00 e. The van der Waals surface area contributed by atoms with Crippen molar-refractivity contribution in [2.24, 2.45) is 14.1 Å². The molecule has 1 amide bonds. The molecule has 2 aromatic heterocycles. The average Bonchev–Trinajstić information content (AvgIpc) is 2.86. The van der Waals surface area contributed by atoms with E-state index in [9.17, 15) is 9.59 Å². The summed E-state index contributed by atoms with van der Waals surface area (Å²) < 4.78 is 9.14. The number of hydrogen-bond acceptors (Lipinski definition) is 3. The molecule has 35 heavy (non-hydrogen) atoms. The van der Waals surface area contributed by atoms with Crippen LogP contribution in [0.15, 0.2) is 60.7 Å². The summed E-state index contributed by atoms with van der Waals surface area (Å²) in [5, 5.41) is 5.54. The zero-order valence-corrected chi connectivity index (χ0v) is 22.3. The number of methoxy groups -OCH3 is 1. The van der Waals surface area contributed by atoms with Crippen LogP contribution in [0.1, 0.15) is 25.7 Å². The molecule has 0 aliphatic heterocycles. The monoisotopic (exact) mass is 581 g/mol.